The summed E-state index contributed by atoms with van der Waals surface area (Å²) in [5.74, 6) is 0.684. The third-order valence-electron chi connectivity index (χ3n) is 5.32. The molecule has 0 aliphatic carbocycles. The molecule has 2 aliphatic heterocycles. The quantitative estimate of drug-likeness (QED) is 0.878. The summed E-state index contributed by atoms with van der Waals surface area (Å²) in [5, 5.41) is 3.47. The topological polar surface area (TPSA) is 54.0 Å². The van der Waals surface area contributed by atoms with Gasteiger partial charge in [0, 0.05) is 43.3 Å². The maximum Gasteiger partial charge on any atom is 0.264 e. The molecule has 1 saturated heterocycles. The number of anilines is 4. The molecule has 0 aromatic heterocycles. The second-order valence-electron chi connectivity index (χ2n) is 7.71. The molecule has 1 N–H and O–H groups in total. The molecule has 2 aliphatic rings. The Hall–Kier alpha value is -2.73. The monoisotopic (exact) mass is 381 g/mol. The van der Waals surface area contributed by atoms with Gasteiger partial charge in [0.2, 0.25) is 0 Å². The van der Waals surface area contributed by atoms with Crippen LogP contribution in [-0.4, -0.2) is 44.9 Å². The number of nitrogens with one attached hydrogen (secondary N) is 1. The molecule has 1 fully saturated rings. The summed E-state index contributed by atoms with van der Waals surface area (Å²) < 4.78 is 11.4. The van der Waals surface area contributed by atoms with Crippen molar-refractivity contribution < 1.29 is 14.3 Å². The zero-order valence-corrected chi connectivity index (χ0v) is 16.9. The van der Waals surface area contributed by atoms with E-state index in [0.717, 1.165) is 35.9 Å². The zero-order valence-electron chi connectivity index (χ0n) is 16.9. The lowest BCUT2D eigenvalue weighted by molar-refractivity contribution is -0.120. The Morgan fingerprint density at radius 1 is 1.07 bits per heavy atom. The predicted octanol–water partition coefficient (Wildman–Crippen LogP) is 3.71. The number of amides is 1. The molecule has 0 radical (unpaired) electrons. The number of nitrogens with zero attached hydrogens (tertiary/aromatic N) is 2. The van der Waals surface area contributed by atoms with Gasteiger partial charge in [0.1, 0.15) is 5.75 Å². The normalized spacial score (nSPS) is 21.9. The van der Waals surface area contributed by atoms with Crippen molar-refractivity contribution in [1.29, 1.82) is 0 Å². The molecule has 148 valence electrons. The van der Waals surface area contributed by atoms with E-state index >= 15 is 0 Å². The molecule has 28 heavy (non-hydrogen) atoms. The number of carbonyl (C=O) groups is 1. The van der Waals surface area contributed by atoms with Gasteiger partial charge in [-0.3, -0.25) is 4.79 Å². The van der Waals surface area contributed by atoms with E-state index in [0.29, 0.717) is 0 Å². The number of morpholine rings is 1. The molecular formula is C22H27N3O3. The van der Waals surface area contributed by atoms with Crippen LogP contribution in [0.2, 0.25) is 0 Å². The number of hydrogen-bond donors (Lipinski definition) is 1. The van der Waals surface area contributed by atoms with E-state index in [1.165, 1.54) is 11.3 Å². The molecular weight excluding hydrogens is 354 g/mol. The minimum absolute atomic E-state index is 0.0357. The third-order valence-corrected chi connectivity index (χ3v) is 5.32. The van der Waals surface area contributed by atoms with E-state index in [2.05, 4.69) is 49.2 Å². The van der Waals surface area contributed by atoms with E-state index in [4.69, 9.17) is 9.47 Å². The number of aryl methyl sites for hydroxylation is 1. The fourth-order valence-corrected chi connectivity index (χ4v) is 3.88. The van der Waals surface area contributed by atoms with Crippen LogP contribution in [0.4, 0.5) is 22.7 Å². The molecule has 2 aromatic rings. The first-order valence-corrected chi connectivity index (χ1v) is 9.72. The van der Waals surface area contributed by atoms with Crippen molar-refractivity contribution in [3.63, 3.8) is 0 Å². The van der Waals surface area contributed by atoms with Crippen molar-refractivity contribution in [3.8, 4) is 5.75 Å². The van der Waals surface area contributed by atoms with Crippen LogP contribution in [0.3, 0.4) is 0 Å². The van der Waals surface area contributed by atoms with Gasteiger partial charge in [0.25, 0.3) is 5.91 Å². The van der Waals surface area contributed by atoms with Crippen molar-refractivity contribution in [2.75, 3.05) is 41.9 Å². The van der Waals surface area contributed by atoms with Crippen LogP contribution in [0, 0.1) is 6.92 Å². The smallest absolute Gasteiger partial charge is 0.264 e. The van der Waals surface area contributed by atoms with E-state index in [-0.39, 0.29) is 24.7 Å². The number of likely N-dealkylation sites (N-methyl/N-ethyl adjacent to an activating group) is 1. The fourth-order valence-electron chi connectivity index (χ4n) is 3.88. The van der Waals surface area contributed by atoms with Crippen molar-refractivity contribution in [3.05, 3.63) is 42.0 Å². The predicted molar refractivity (Wildman–Crippen MR) is 112 cm³/mol. The lowest BCUT2D eigenvalue weighted by atomic mass is 10.1. The Labute approximate surface area is 166 Å². The van der Waals surface area contributed by atoms with Gasteiger partial charge in [-0.05, 0) is 56.7 Å². The highest BCUT2D eigenvalue weighted by Crippen LogP contribution is 2.35. The average molecular weight is 381 g/mol. The van der Waals surface area contributed by atoms with Crippen LogP contribution in [0.25, 0.3) is 0 Å². The van der Waals surface area contributed by atoms with E-state index < -0.39 is 0 Å². The first kappa shape index (κ1) is 18.6. The van der Waals surface area contributed by atoms with Crippen LogP contribution in [0.15, 0.2) is 36.4 Å². The van der Waals surface area contributed by atoms with Crippen LogP contribution in [-0.2, 0) is 9.53 Å². The summed E-state index contributed by atoms with van der Waals surface area (Å²) in [6, 6.07) is 12.3. The van der Waals surface area contributed by atoms with Gasteiger partial charge in [0.15, 0.2) is 6.61 Å². The second-order valence-corrected chi connectivity index (χ2v) is 7.71. The highest BCUT2D eigenvalue weighted by molar-refractivity contribution is 5.97. The van der Waals surface area contributed by atoms with Gasteiger partial charge in [-0.2, -0.15) is 0 Å². The Bertz CT molecular complexity index is 889. The van der Waals surface area contributed by atoms with Gasteiger partial charge < -0.3 is 24.6 Å². The number of ether oxygens (including phenoxy) is 2. The Morgan fingerprint density at radius 2 is 1.82 bits per heavy atom. The molecule has 2 atom stereocenters. The summed E-state index contributed by atoms with van der Waals surface area (Å²) >= 11 is 0. The summed E-state index contributed by atoms with van der Waals surface area (Å²) in [5.41, 5.74) is 5.18. The van der Waals surface area contributed by atoms with E-state index in [9.17, 15) is 4.79 Å². The highest BCUT2D eigenvalue weighted by Gasteiger charge is 2.23. The van der Waals surface area contributed by atoms with Gasteiger partial charge in [-0.25, -0.2) is 0 Å². The number of carbonyl (C=O) groups excluding carboxylic acids is 1. The number of benzene rings is 2. The average Bonchev–Trinajstić information content (AvgIpc) is 2.66. The first-order valence-electron chi connectivity index (χ1n) is 9.72. The lowest BCUT2D eigenvalue weighted by Crippen LogP contribution is -2.45. The number of fused-ring (bicyclic) bond motifs is 1. The summed E-state index contributed by atoms with van der Waals surface area (Å²) in [7, 11) is 1.77. The molecule has 1 amide bonds. The Kier molecular flexibility index (Phi) is 4.89. The van der Waals surface area contributed by atoms with E-state index in [1.807, 2.05) is 18.2 Å². The molecule has 2 aromatic carbocycles. The first-order chi connectivity index (χ1) is 13.4. The maximum atomic E-state index is 11.8. The maximum absolute atomic E-state index is 11.8. The third kappa shape index (κ3) is 3.64. The molecule has 0 saturated carbocycles. The lowest BCUT2D eigenvalue weighted by Gasteiger charge is -2.37. The van der Waals surface area contributed by atoms with Gasteiger partial charge in [-0.1, -0.05) is 0 Å². The summed E-state index contributed by atoms with van der Waals surface area (Å²) in [6.07, 6.45) is 0.477. The van der Waals surface area contributed by atoms with Crippen molar-refractivity contribution in [1.82, 2.24) is 0 Å². The number of rotatable bonds is 3. The van der Waals surface area contributed by atoms with Crippen molar-refractivity contribution >= 4 is 28.7 Å². The van der Waals surface area contributed by atoms with Crippen LogP contribution < -0.4 is 19.9 Å². The minimum Gasteiger partial charge on any atom is -0.481 e. The SMILES string of the molecule is Cc1cc(N2CC(C)OC(C)C2)ccc1Nc1ccc2c(c1)OCC(=O)N2C. The second kappa shape index (κ2) is 7.36. The Morgan fingerprint density at radius 3 is 2.54 bits per heavy atom. The molecule has 6 heteroatoms. The molecule has 2 heterocycles. The van der Waals surface area contributed by atoms with Crippen LogP contribution in [0.5, 0.6) is 5.75 Å². The molecule has 0 bridgehead atoms. The molecule has 6 nitrogen and oxygen atoms in total. The van der Waals surface area contributed by atoms with Crippen molar-refractivity contribution in [2.24, 2.45) is 0 Å². The summed E-state index contributed by atoms with van der Waals surface area (Å²) in [6.45, 7) is 8.25. The van der Waals surface area contributed by atoms with Crippen molar-refractivity contribution in [2.45, 2.75) is 33.0 Å². The van der Waals surface area contributed by atoms with Crippen LogP contribution in [0.1, 0.15) is 19.4 Å². The zero-order chi connectivity index (χ0) is 19.8. The standard InChI is InChI=1S/C22H27N3O3/c1-14-9-18(25-11-15(2)28-16(3)12-25)6-7-19(14)23-17-5-8-20-21(10-17)27-13-22(26)24(20)4/h5-10,15-16,23H,11-13H2,1-4H3. The largest absolute Gasteiger partial charge is 0.481 e. The van der Waals surface area contributed by atoms with E-state index in [1.54, 1.807) is 11.9 Å². The summed E-state index contributed by atoms with van der Waals surface area (Å²) in [4.78, 5) is 15.8. The molecule has 2 unspecified atom stereocenters. The highest BCUT2D eigenvalue weighted by atomic mass is 16.5. The molecule has 4 rings (SSSR count). The molecule has 0 spiro atoms. The minimum atomic E-state index is -0.0357. The van der Waals surface area contributed by atoms with Gasteiger partial charge in [-0.15, -0.1) is 0 Å². The van der Waals surface area contributed by atoms with Gasteiger partial charge in [0.05, 0.1) is 17.9 Å². The van der Waals surface area contributed by atoms with Crippen LogP contribution >= 0.6 is 0 Å². The fraction of sp³-hybridized carbons (Fsp3) is 0.409. The van der Waals surface area contributed by atoms with Gasteiger partial charge >= 0.3 is 0 Å². The number of hydrogen-bond acceptors (Lipinski definition) is 5. The Balaban J connectivity index is 1.52.